The quantitative estimate of drug-likeness (QED) is 0.0346. The molecule has 358 valence electrons. The van der Waals surface area contributed by atoms with Crippen molar-refractivity contribution in [3.63, 3.8) is 0 Å². The summed E-state index contributed by atoms with van der Waals surface area (Å²) in [5.74, 6) is -0.426. The van der Waals surface area contributed by atoms with Gasteiger partial charge in [-0.05, 0) is 103 Å². The lowest BCUT2D eigenvalue weighted by atomic mass is 10.1. The summed E-state index contributed by atoms with van der Waals surface area (Å²) in [6.07, 6.45) is 67.7. The van der Waals surface area contributed by atoms with Crippen LogP contribution in [0.3, 0.4) is 0 Å². The van der Waals surface area contributed by atoms with E-state index in [1.807, 2.05) is 0 Å². The molecule has 0 saturated carbocycles. The van der Waals surface area contributed by atoms with Gasteiger partial charge in [0, 0.05) is 19.4 Å². The summed E-state index contributed by atoms with van der Waals surface area (Å²) >= 11 is 0. The fraction of sp³-hybridized carbons (Fsp3) is 0.754. The minimum absolute atomic E-state index is 0.0678. The monoisotopic (exact) mass is 865 g/mol. The summed E-state index contributed by atoms with van der Waals surface area (Å²) in [6, 6.07) is 0. The Morgan fingerprint density at radius 2 is 0.758 bits per heavy atom. The van der Waals surface area contributed by atoms with Gasteiger partial charge in [0.2, 0.25) is 0 Å². The van der Waals surface area contributed by atoms with Gasteiger partial charge in [-0.2, -0.15) is 0 Å². The molecule has 0 rings (SSSR count). The largest absolute Gasteiger partial charge is 0.462 e. The van der Waals surface area contributed by atoms with Crippen LogP contribution >= 0.6 is 0 Å². The van der Waals surface area contributed by atoms with Crippen LogP contribution in [0.15, 0.2) is 72.9 Å². The highest BCUT2D eigenvalue weighted by molar-refractivity contribution is 5.70. The third kappa shape index (κ3) is 50.0. The van der Waals surface area contributed by atoms with Crippen molar-refractivity contribution in [2.75, 3.05) is 19.8 Å². The molecule has 0 aromatic rings. The fourth-order valence-electron chi connectivity index (χ4n) is 7.26. The molecule has 0 radical (unpaired) electrons. The number of esters is 2. The number of ether oxygens (including phenoxy) is 3. The molecule has 0 N–H and O–H groups in total. The van der Waals surface area contributed by atoms with Crippen molar-refractivity contribution in [1.29, 1.82) is 0 Å². The molecule has 0 amide bonds. The Hall–Kier alpha value is -2.66. The number of allylic oxidation sites excluding steroid dienone is 12. The summed E-state index contributed by atoms with van der Waals surface area (Å²) in [4.78, 5) is 25.4. The summed E-state index contributed by atoms with van der Waals surface area (Å²) in [5.41, 5.74) is 0. The van der Waals surface area contributed by atoms with E-state index in [0.29, 0.717) is 19.4 Å². The van der Waals surface area contributed by atoms with Gasteiger partial charge in [0.1, 0.15) is 6.61 Å². The first-order chi connectivity index (χ1) is 30.6. The second kappa shape index (κ2) is 52.7. The molecule has 0 aliphatic rings. The molecule has 1 unspecified atom stereocenters. The molecule has 5 nitrogen and oxygen atoms in total. The molecular formula is C57H100O5. The first kappa shape index (κ1) is 59.3. The molecule has 0 saturated heterocycles. The predicted molar refractivity (Wildman–Crippen MR) is 270 cm³/mol. The summed E-state index contributed by atoms with van der Waals surface area (Å²) < 4.78 is 17.4. The molecule has 0 bridgehead atoms. The zero-order chi connectivity index (χ0) is 44.9. The number of carbonyl (C=O) groups is 2. The van der Waals surface area contributed by atoms with E-state index >= 15 is 0 Å². The molecule has 0 heterocycles. The van der Waals surface area contributed by atoms with Crippen molar-refractivity contribution < 1.29 is 23.8 Å². The van der Waals surface area contributed by atoms with E-state index in [1.165, 1.54) is 128 Å². The summed E-state index contributed by atoms with van der Waals surface area (Å²) in [6.45, 7) is 7.60. The van der Waals surface area contributed by atoms with Gasteiger partial charge < -0.3 is 14.2 Å². The lowest BCUT2D eigenvalue weighted by molar-refractivity contribution is -0.163. The second-order valence-corrected chi connectivity index (χ2v) is 17.4. The van der Waals surface area contributed by atoms with Crippen LogP contribution in [0, 0.1) is 0 Å². The lowest BCUT2D eigenvalue weighted by Gasteiger charge is -2.18. The highest BCUT2D eigenvalue weighted by atomic mass is 16.6. The Morgan fingerprint density at radius 3 is 1.24 bits per heavy atom. The maximum atomic E-state index is 12.8. The molecule has 0 aromatic heterocycles. The van der Waals surface area contributed by atoms with Crippen molar-refractivity contribution >= 4 is 11.9 Å². The average Bonchev–Trinajstić information content (AvgIpc) is 3.27. The lowest BCUT2D eigenvalue weighted by Crippen LogP contribution is -2.30. The molecule has 62 heavy (non-hydrogen) atoms. The van der Waals surface area contributed by atoms with Crippen LogP contribution in [0.25, 0.3) is 0 Å². The van der Waals surface area contributed by atoms with Gasteiger partial charge in [-0.25, -0.2) is 0 Å². The van der Waals surface area contributed by atoms with Gasteiger partial charge in [-0.15, -0.1) is 0 Å². The van der Waals surface area contributed by atoms with Gasteiger partial charge in [-0.1, -0.05) is 209 Å². The smallest absolute Gasteiger partial charge is 0.306 e. The van der Waals surface area contributed by atoms with Gasteiger partial charge in [0.15, 0.2) is 6.10 Å². The van der Waals surface area contributed by atoms with E-state index in [0.717, 1.165) is 89.9 Å². The van der Waals surface area contributed by atoms with E-state index < -0.39 is 6.10 Å². The topological polar surface area (TPSA) is 61.8 Å². The Morgan fingerprint density at radius 1 is 0.371 bits per heavy atom. The minimum Gasteiger partial charge on any atom is -0.462 e. The Balaban J connectivity index is 4.27. The van der Waals surface area contributed by atoms with Crippen LogP contribution in [0.1, 0.15) is 252 Å². The first-order valence-electron chi connectivity index (χ1n) is 26.5. The second-order valence-electron chi connectivity index (χ2n) is 17.4. The van der Waals surface area contributed by atoms with Crippen LogP contribution in [-0.2, 0) is 23.8 Å². The number of hydrogen-bond acceptors (Lipinski definition) is 5. The Bertz CT molecular complexity index is 1110. The summed E-state index contributed by atoms with van der Waals surface area (Å²) in [7, 11) is 0. The molecule has 5 heteroatoms. The molecule has 1 atom stereocenters. The minimum atomic E-state index is -0.557. The molecule has 0 aliphatic heterocycles. The molecule has 0 fully saturated rings. The van der Waals surface area contributed by atoms with E-state index in [-0.39, 0.29) is 25.2 Å². The van der Waals surface area contributed by atoms with Crippen molar-refractivity contribution in [1.82, 2.24) is 0 Å². The standard InChI is InChI=1S/C57H100O5/c1-4-7-10-13-16-19-22-25-27-28-29-30-31-33-35-38-41-44-47-50-56(58)61-54-55(53-60-52-49-46-43-40-37-34-26-23-20-17-14-11-8-5-2)62-57(59)51-48-45-42-39-36-32-24-21-18-15-12-9-6-3/h8,11-12,15,17,20-21,24-27,34,55H,4-7,9-10,13-14,16,18-19,22-23,28-33,35-54H2,1-3H3/b11-8-,15-12-,20-17-,24-21-,27-25-,34-26-. The third-order valence-electron chi connectivity index (χ3n) is 11.2. The van der Waals surface area contributed by atoms with Crippen molar-refractivity contribution in [2.24, 2.45) is 0 Å². The van der Waals surface area contributed by atoms with Crippen LogP contribution in [0.5, 0.6) is 0 Å². The van der Waals surface area contributed by atoms with E-state index in [2.05, 4.69) is 93.7 Å². The van der Waals surface area contributed by atoms with Crippen LogP contribution in [0.2, 0.25) is 0 Å². The molecule has 0 aromatic carbocycles. The third-order valence-corrected chi connectivity index (χ3v) is 11.2. The van der Waals surface area contributed by atoms with E-state index in [9.17, 15) is 9.59 Å². The first-order valence-corrected chi connectivity index (χ1v) is 26.5. The number of carbonyl (C=O) groups excluding carboxylic acids is 2. The highest BCUT2D eigenvalue weighted by Gasteiger charge is 2.17. The van der Waals surface area contributed by atoms with Gasteiger partial charge in [0.25, 0.3) is 0 Å². The Kier molecular flexibility index (Phi) is 50.4. The molecule has 0 aliphatic carbocycles. The van der Waals surface area contributed by atoms with Crippen molar-refractivity contribution in [3.8, 4) is 0 Å². The van der Waals surface area contributed by atoms with Gasteiger partial charge in [0.05, 0.1) is 6.61 Å². The number of hydrogen-bond donors (Lipinski definition) is 0. The molecular weight excluding hydrogens is 765 g/mol. The maximum absolute atomic E-state index is 12.8. The van der Waals surface area contributed by atoms with Crippen molar-refractivity contribution in [3.05, 3.63) is 72.9 Å². The van der Waals surface area contributed by atoms with Crippen LogP contribution < -0.4 is 0 Å². The van der Waals surface area contributed by atoms with E-state index in [1.54, 1.807) is 0 Å². The van der Waals surface area contributed by atoms with Crippen LogP contribution in [0.4, 0.5) is 0 Å². The van der Waals surface area contributed by atoms with Crippen LogP contribution in [-0.4, -0.2) is 37.9 Å². The fourth-order valence-corrected chi connectivity index (χ4v) is 7.26. The van der Waals surface area contributed by atoms with Gasteiger partial charge >= 0.3 is 11.9 Å². The zero-order valence-corrected chi connectivity index (χ0v) is 41.1. The molecule has 0 spiro atoms. The zero-order valence-electron chi connectivity index (χ0n) is 41.1. The highest BCUT2D eigenvalue weighted by Crippen LogP contribution is 2.14. The Labute approximate surface area is 385 Å². The van der Waals surface area contributed by atoms with Crippen molar-refractivity contribution in [2.45, 2.75) is 258 Å². The normalized spacial score (nSPS) is 12.8. The number of unbranched alkanes of at least 4 members (excludes halogenated alkanes) is 25. The van der Waals surface area contributed by atoms with E-state index in [4.69, 9.17) is 14.2 Å². The summed E-state index contributed by atoms with van der Waals surface area (Å²) in [5, 5.41) is 0. The number of rotatable bonds is 48. The SMILES string of the molecule is CC/C=C\C/C=C\C/C=C\CCCCCCOCC(COC(=O)CCCCCCCCCCC/C=C\CCCCCCCC)OC(=O)CCCCCCC/C=C\C/C=C\CCC. The van der Waals surface area contributed by atoms with Gasteiger partial charge in [-0.3, -0.25) is 9.59 Å². The predicted octanol–water partition coefficient (Wildman–Crippen LogP) is 17.9. The maximum Gasteiger partial charge on any atom is 0.306 e. The average molecular weight is 865 g/mol.